The fourth-order valence-corrected chi connectivity index (χ4v) is 2.09. The van der Waals surface area contributed by atoms with Gasteiger partial charge in [-0.2, -0.15) is 0 Å². The maximum absolute atomic E-state index is 11.6. The van der Waals surface area contributed by atoms with Crippen molar-refractivity contribution in [3.8, 4) is 11.5 Å². The maximum Gasteiger partial charge on any atom is 0.159 e. The second-order valence-electron chi connectivity index (χ2n) is 4.57. The Morgan fingerprint density at radius 3 is 2.44 bits per heavy atom. The van der Waals surface area contributed by atoms with Crippen LogP contribution in [0.15, 0.2) is 35.9 Å². The first kappa shape index (κ1) is 12.7. The topological polar surface area (TPSA) is 35.5 Å². The fourth-order valence-electron chi connectivity index (χ4n) is 2.09. The highest BCUT2D eigenvalue weighted by molar-refractivity contribution is 5.97. The zero-order valence-electron chi connectivity index (χ0n) is 10.8. The largest absolute Gasteiger partial charge is 0.497 e. The summed E-state index contributed by atoms with van der Waals surface area (Å²) in [4.78, 5) is 11.6. The lowest BCUT2D eigenvalue weighted by atomic mass is 10.1. The van der Waals surface area contributed by atoms with Gasteiger partial charge in [0.15, 0.2) is 5.78 Å². The van der Waals surface area contributed by atoms with Crippen LogP contribution >= 0.6 is 0 Å². The number of benzene rings is 1. The molecule has 0 unspecified atom stereocenters. The van der Waals surface area contributed by atoms with Crippen molar-refractivity contribution < 1.29 is 14.3 Å². The molecule has 0 N–H and O–H groups in total. The number of hydrogen-bond donors (Lipinski definition) is 0. The molecule has 0 aliphatic heterocycles. The molecule has 18 heavy (non-hydrogen) atoms. The van der Waals surface area contributed by atoms with Crippen LogP contribution in [0, 0.1) is 5.92 Å². The molecular weight excluding hydrogens is 228 g/mol. The Kier molecular flexibility index (Phi) is 4.03. The molecule has 0 spiro atoms. The van der Waals surface area contributed by atoms with Crippen molar-refractivity contribution in [2.24, 2.45) is 5.92 Å². The van der Waals surface area contributed by atoms with Gasteiger partial charge in [-0.05, 0) is 35.8 Å². The molecule has 3 heteroatoms. The lowest BCUT2D eigenvalue weighted by Crippen LogP contribution is -2.03. The molecule has 1 aromatic carbocycles. The van der Waals surface area contributed by atoms with Crippen molar-refractivity contribution in [2.45, 2.75) is 19.8 Å². The van der Waals surface area contributed by atoms with Crippen molar-refractivity contribution in [1.29, 1.82) is 0 Å². The van der Waals surface area contributed by atoms with Crippen molar-refractivity contribution in [3.63, 3.8) is 0 Å². The molecule has 0 radical (unpaired) electrons. The number of Topliss-reactive ketones (excluding diaryl/α,β-unsaturated/α-hetero) is 1. The first-order valence-corrected chi connectivity index (χ1v) is 6.20. The predicted octanol–water partition coefficient (Wildman–Crippen LogP) is 3.00. The van der Waals surface area contributed by atoms with Gasteiger partial charge < -0.3 is 9.47 Å². The number of ether oxygens (including phenoxy) is 2. The normalized spacial score (nSPS) is 18.7. The molecule has 1 aromatic rings. The van der Waals surface area contributed by atoms with Crippen molar-refractivity contribution in [2.75, 3.05) is 13.7 Å². The maximum atomic E-state index is 11.6. The summed E-state index contributed by atoms with van der Waals surface area (Å²) in [5, 5.41) is 0. The molecule has 1 aliphatic rings. The van der Waals surface area contributed by atoms with Gasteiger partial charge in [0.25, 0.3) is 0 Å². The monoisotopic (exact) mass is 246 g/mol. The summed E-state index contributed by atoms with van der Waals surface area (Å²) >= 11 is 0. The van der Waals surface area contributed by atoms with E-state index in [4.69, 9.17) is 9.47 Å². The molecule has 1 aliphatic carbocycles. The summed E-state index contributed by atoms with van der Waals surface area (Å²) in [6.45, 7) is 2.60. The van der Waals surface area contributed by atoms with Crippen LogP contribution in [0.1, 0.15) is 19.8 Å². The van der Waals surface area contributed by atoms with E-state index in [1.807, 2.05) is 24.3 Å². The Hall–Kier alpha value is -1.77. The number of rotatable bonds is 5. The Morgan fingerprint density at radius 2 is 1.89 bits per heavy atom. The summed E-state index contributed by atoms with van der Waals surface area (Å²) in [6.07, 6.45) is 3.40. The quantitative estimate of drug-likeness (QED) is 0.801. The second-order valence-corrected chi connectivity index (χ2v) is 4.57. The number of hydrogen-bond acceptors (Lipinski definition) is 3. The molecule has 0 heterocycles. The van der Waals surface area contributed by atoms with Gasteiger partial charge in [0.2, 0.25) is 0 Å². The van der Waals surface area contributed by atoms with Crippen LogP contribution in [0.2, 0.25) is 0 Å². The third-order valence-electron chi connectivity index (χ3n) is 3.05. The zero-order valence-corrected chi connectivity index (χ0v) is 10.8. The molecule has 3 nitrogen and oxygen atoms in total. The summed E-state index contributed by atoms with van der Waals surface area (Å²) in [7, 11) is 1.63. The standard InChI is InChI=1S/C15H18O3/c1-11-9-12(15(16)10-11)7-8-18-14-5-3-13(17-2)4-6-14/h3-6,9,11H,7-8,10H2,1-2H3/t11-/m1/s1. The number of methoxy groups -OCH3 is 1. The van der Waals surface area contributed by atoms with Crippen LogP contribution < -0.4 is 9.47 Å². The molecule has 0 saturated carbocycles. The van der Waals surface area contributed by atoms with Gasteiger partial charge in [0.1, 0.15) is 11.5 Å². The minimum absolute atomic E-state index is 0.265. The van der Waals surface area contributed by atoms with Gasteiger partial charge in [0, 0.05) is 12.8 Å². The van der Waals surface area contributed by atoms with Crippen molar-refractivity contribution in [1.82, 2.24) is 0 Å². The van der Waals surface area contributed by atoms with Crippen LogP contribution in [-0.2, 0) is 4.79 Å². The molecular formula is C15H18O3. The molecule has 0 saturated heterocycles. The Labute approximate surface area is 107 Å². The zero-order chi connectivity index (χ0) is 13.0. The summed E-state index contributed by atoms with van der Waals surface area (Å²) in [5.74, 6) is 2.26. The van der Waals surface area contributed by atoms with E-state index in [2.05, 4.69) is 13.0 Å². The first-order valence-electron chi connectivity index (χ1n) is 6.20. The van der Waals surface area contributed by atoms with Gasteiger partial charge in [0.05, 0.1) is 13.7 Å². The fraction of sp³-hybridized carbons (Fsp3) is 0.400. The van der Waals surface area contributed by atoms with E-state index in [1.54, 1.807) is 7.11 Å². The minimum atomic E-state index is 0.265. The van der Waals surface area contributed by atoms with E-state index < -0.39 is 0 Å². The van der Waals surface area contributed by atoms with E-state index >= 15 is 0 Å². The van der Waals surface area contributed by atoms with Crippen LogP contribution in [0.4, 0.5) is 0 Å². The number of carbonyl (C=O) groups excluding carboxylic acids is 1. The predicted molar refractivity (Wildman–Crippen MR) is 70.0 cm³/mol. The van der Waals surface area contributed by atoms with E-state index in [0.29, 0.717) is 25.4 Å². The lowest BCUT2D eigenvalue weighted by Gasteiger charge is -2.07. The number of carbonyl (C=O) groups is 1. The van der Waals surface area contributed by atoms with E-state index in [1.165, 1.54) is 0 Å². The third kappa shape index (κ3) is 3.13. The molecule has 0 amide bonds. The first-order chi connectivity index (χ1) is 8.69. The van der Waals surface area contributed by atoms with E-state index in [0.717, 1.165) is 17.1 Å². The van der Waals surface area contributed by atoms with Crippen molar-refractivity contribution >= 4 is 5.78 Å². The molecule has 0 bridgehead atoms. The average Bonchev–Trinajstić information content (AvgIpc) is 2.69. The van der Waals surface area contributed by atoms with E-state index in [9.17, 15) is 4.79 Å². The highest BCUT2D eigenvalue weighted by atomic mass is 16.5. The molecule has 0 aromatic heterocycles. The van der Waals surface area contributed by atoms with Crippen LogP contribution in [-0.4, -0.2) is 19.5 Å². The van der Waals surface area contributed by atoms with Crippen LogP contribution in [0.25, 0.3) is 0 Å². The van der Waals surface area contributed by atoms with Crippen LogP contribution in [0.3, 0.4) is 0 Å². The van der Waals surface area contributed by atoms with Crippen LogP contribution in [0.5, 0.6) is 11.5 Å². The highest BCUT2D eigenvalue weighted by Crippen LogP contribution is 2.23. The summed E-state index contributed by atoms with van der Waals surface area (Å²) < 4.78 is 10.7. The lowest BCUT2D eigenvalue weighted by molar-refractivity contribution is -0.115. The molecule has 0 fully saturated rings. The molecule has 1 atom stereocenters. The van der Waals surface area contributed by atoms with E-state index in [-0.39, 0.29) is 5.78 Å². The highest BCUT2D eigenvalue weighted by Gasteiger charge is 2.20. The number of allylic oxidation sites excluding steroid dienone is 1. The molecule has 2 rings (SSSR count). The smallest absolute Gasteiger partial charge is 0.159 e. The van der Waals surface area contributed by atoms with Gasteiger partial charge >= 0.3 is 0 Å². The Bertz CT molecular complexity index is 445. The number of ketones is 1. The van der Waals surface area contributed by atoms with Gasteiger partial charge in [-0.15, -0.1) is 0 Å². The van der Waals surface area contributed by atoms with Gasteiger partial charge in [-0.3, -0.25) is 4.79 Å². The second kappa shape index (κ2) is 5.71. The molecule has 96 valence electrons. The summed E-state index contributed by atoms with van der Waals surface area (Å²) in [5.41, 5.74) is 0.913. The Balaban J connectivity index is 1.81. The van der Waals surface area contributed by atoms with Crippen molar-refractivity contribution in [3.05, 3.63) is 35.9 Å². The Morgan fingerprint density at radius 1 is 1.22 bits per heavy atom. The average molecular weight is 246 g/mol. The van der Waals surface area contributed by atoms with Gasteiger partial charge in [-0.1, -0.05) is 13.0 Å². The van der Waals surface area contributed by atoms with Gasteiger partial charge in [-0.25, -0.2) is 0 Å². The summed E-state index contributed by atoms with van der Waals surface area (Å²) in [6, 6.07) is 7.45. The third-order valence-corrected chi connectivity index (χ3v) is 3.05. The minimum Gasteiger partial charge on any atom is -0.497 e. The SMILES string of the molecule is COc1ccc(OCCC2=C[C@@H](C)CC2=O)cc1.